The normalized spacial score (nSPS) is 12.3. The lowest BCUT2D eigenvalue weighted by Gasteiger charge is -2.14. The summed E-state index contributed by atoms with van der Waals surface area (Å²) in [6.07, 6.45) is 1.74. The summed E-state index contributed by atoms with van der Waals surface area (Å²) >= 11 is 0. The number of nitrogens with zero attached hydrogens (tertiary/aromatic N) is 3. The molecule has 0 fully saturated rings. The fraction of sp³-hybridized carbons (Fsp3) is 0.571. The smallest absolute Gasteiger partial charge is 0.208 e. The molecule has 2 aromatic rings. The van der Waals surface area contributed by atoms with Gasteiger partial charge in [0.1, 0.15) is 12.0 Å². The number of hydrogen-bond acceptors (Lipinski definition) is 5. The molecule has 0 spiro atoms. The van der Waals surface area contributed by atoms with Crippen molar-refractivity contribution in [2.45, 2.75) is 46.2 Å². The molecule has 104 valence electrons. The molecule has 0 unspecified atom stereocenters. The van der Waals surface area contributed by atoms with Gasteiger partial charge in [-0.05, 0) is 14.0 Å². The molecule has 2 aromatic heterocycles. The fourth-order valence-corrected chi connectivity index (χ4v) is 1.78. The molecule has 0 aliphatic carbocycles. The monoisotopic (exact) mass is 263 g/mol. The van der Waals surface area contributed by atoms with E-state index in [-0.39, 0.29) is 5.41 Å². The molecule has 19 heavy (non-hydrogen) atoms. The third kappa shape index (κ3) is 3.67. The molecule has 0 aliphatic heterocycles. The lowest BCUT2D eigenvalue weighted by Crippen LogP contribution is -2.18. The van der Waals surface area contributed by atoms with E-state index in [0.717, 1.165) is 23.0 Å². The van der Waals surface area contributed by atoms with Crippen molar-refractivity contribution in [3.8, 4) is 0 Å². The van der Waals surface area contributed by atoms with Gasteiger partial charge < -0.3 is 8.94 Å². The van der Waals surface area contributed by atoms with E-state index < -0.39 is 0 Å². The Hall–Kier alpha value is -1.62. The Morgan fingerprint density at radius 1 is 1.26 bits per heavy atom. The topological polar surface area (TPSA) is 55.3 Å². The van der Waals surface area contributed by atoms with Crippen LogP contribution in [-0.2, 0) is 18.5 Å². The van der Waals surface area contributed by atoms with Crippen LogP contribution in [0.5, 0.6) is 0 Å². The van der Waals surface area contributed by atoms with Gasteiger partial charge in [0, 0.05) is 18.0 Å². The van der Waals surface area contributed by atoms with Gasteiger partial charge in [-0.2, -0.15) is 0 Å². The van der Waals surface area contributed by atoms with Gasteiger partial charge >= 0.3 is 0 Å². The Labute approximate surface area is 113 Å². The molecule has 2 heterocycles. The number of rotatable bonds is 4. The van der Waals surface area contributed by atoms with E-state index >= 15 is 0 Å². The van der Waals surface area contributed by atoms with E-state index in [1.165, 1.54) is 0 Å². The van der Waals surface area contributed by atoms with Crippen molar-refractivity contribution < 1.29 is 8.94 Å². The molecule has 0 amide bonds. The van der Waals surface area contributed by atoms with Gasteiger partial charge in [-0.25, -0.2) is 4.98 Å². The predicted octanol–water partition coefficient (Wildman–Crippen LogP) is 2.90. The van der Waals surface area contributed by atoms with Crippen LogP contribution in [-0.4, -0.2) is 22.1 Å². The Kier molecular flexibility index (Phi) is 3.75. The highest BCUT2D eigenvalue weighted by Gasteiger charge is 2.19. The lowest BCUT2D eigenvalue weighted by molar-refractivity contribution is 0.271. The fourth-order valence-electron chi connectivity index (χ4n) is 1.78. The van der Waals surface area contributed by atoms with Gasteiger partial charge in [0.25, 0.3) is 0 Å². The summed E-state index contributed by atoms with van der Waals surface area (Å²) in [5.41, 5.74) is 1.92. The van der Waals surface area contributed by atoms with Crippen molar-refractivity contribution >= 4 is 0 Å². The van der Waals surface area contributed by atoms with E-state index in [0.29, 0.717) is 13.1 Å². The summed E-state index contributed by atoms with van der Waals surface area (Å²) in [6.45, 7) is 9.62. The number of oxazole rings is 1. The van der Waals surface area contributed by atoms with Crippen LogP contribution in [0.25, 0.3) is 0 Å². The van der Waals surface area contributed by atoms with Crippen LogP contribution in [0, 0.1) is 6.92 Å². The molecule has 5 nitrogen and oxygen atoms in total. The first-order valence-electron chi connectivity index (χ1n) is 6.40. The van der Waals surface area contributed by atoms with Crippen LogP contribution in [0.4, 0.5) is 0 Å². The van der Waals surface area contributed by atoms with E-state index in [9.17, 15) is 0 Å². The van der Waals surface area contributed by atoms with E-state index in [2.05, 4.69) is 35.8 Å². The van der Waals surface area contributed by atoms with Crippen LogP contribution in [0.1, 0.15) is 43.8 Å². The van der Waals surface area contributed by atoms with Crippen LogP contribution in [0.15, 0.2) is 21.3 Å². The van der Waals surface area contributed by atoms with E-state index in [4.69, 9.17) is 8.94 Å². The van der Waals surface area contributed by atoms with Crippen LogP contribution in [0.2, 0.25) is 0 Å². The second-order valence-corrected chi connectivity index (χ2v) is 5.98. The highest BCUT2D eigenvalue weighted by atomic mass is 16.5. The maximum Gasteiger partial charge on any atom is 0.208 e. The lowest BCUT2D eigenvalue weighted by atomic mass is 9.93. The molecule has 0 aromatic carbocycles. The van der Waals surface area contributed by atoms with Gasteiger partial charge in [0.15, 0.2) is 0 Å². The van der Waals surface area contributed by atoms with Crippen LogP contribution < -0.4 is 0 Å². The standard InChI is InChI=1S/C14H21N3O2/c1-10-6-11(16-19-10)7-17(5)8-13-15-12(9-18-13)14(2,3)4/h6,9H,7-8H2,1-5H3. The molecule has 0 atom stereocenters. The van der Waals surface area contributed by atoms with Gasteiger partial charge in [0.2, 0.25) is 5.89 Å². The first-order chi connectivity index (χ1) is 8.84. The van der Waals surface area contributed by atoms with Crippen LogP contribution >= 0.6 is 0 Å². The SMILES string of the molecule is Cc1cc(CN(C)Cc2nc(C(C)(C)C)co2)no1. The minimum absolute atomic E-state index is 0.0174. The zero-order valence-electron chi connectivity index (χ0n) is 12.2. The quantitative estimate of drug-likeness (QED) is 0.849. The van der Waals surface area contributed by atoms with Crippen molar-refractivity contribution in [1.82, 2.24) is 15.0 Å². The maximum absolute atomic E-state index is 5.51. The number of aryl methyl sites for hydroxylation is 1. The molecule has 0 saturated heterocycles. The van der Waals surface area contributed by atoms with Crippen molar-refractivity contribution in [3.05, 3.63) is 35.4 Å². The van der Waals surface area contributed by atoms with Crippen molar-refractivity contribution in [3.63, 3.8) is 0 Å². The van der Waals surface area contributed by atoms with Crippen molar-refractivity contribution in [1.29, 1.82) is 0 Å². The molecule has 0 bridgehead atoms. The maximum atomic E-state index is 5.51. The summed E-state index contributed by atoms with van der Waals surface area (Å²) in [4.78, 5) is 6.61. The van der Waals surface area contributed by atoms with E-state index in [1.807, 2.05) is 20.0 Å². The molecule has 2 rings (SSSR count). The summed E-state index contributed by atoms with van der Waals surface area (Å²) in [5.74, 6) is 1.56. The third-order valence-corrected chi connectivity index (χ3v) is 2.83. The summed E-state index contributed by atoms with van der Waals surface area (Å²) in [5, 5.41) is 3.97. The Morgan fingerprint density at radius 2 is 2.00 bits per heavy atom. The molecule has 0 aliphatic rings. The minimum atomic E-state index is 0.0174. The van der Waals surface area contributed by atoms with Crippen molar-refractivity contribution in [2.75, 3.05) is 7.05 Å². The highest BCUT2D eigenvalue weighted by molar-refractivity contribution is 5.08. The first kappa shape index (κ1) is 13.8. The molecule has 5 heteroatoms. The molecule has 0 N–H and O–H groups in total. The Bertz CT molecular complexity index is 537. The van der Waals surface area contributed by atoms with Gasteiger partial charge in [0.05, 0.1) is 17.9 Å². The highest BCUT2D eigenvalue weighted by Crippen LogP contribution is 2.21. The molecule has 0 radical (unpaired) electrons. The second kappa shape index (κ2) is 5.17. The Morgan fingerprint density at radius 3 is 2.53 bits per heavy atom. The molecule has 0 saturated carbocycles. The average molecular weight is 263 g/mol. The zero-order chi connectivity index (χ0) is 14.0. The average Bonchev–Trinajstić information content (AvgIpc) is 2.87. The molecular weight excluding hydrogens is 242 g/mol. The van der Waals surface area contributed by atoms with Gasteiger partial charge in [-0.1, -0.05) is 25.9 Å². The predicted molar refractivity (Wildman–Crippen MR) is 71.6 cm³/mol. The number of hydrogen-bond donors (Lipinski definition) is 0. The number of aromatic nitrogens is 2. The Balaban J connectivity index is 1.95. The summed E-state index contributed by atoms with van der Waals surface area (Å²) in [6, 6.07) is 1.94. The van der Waals surface area contributed by atoms with Crippen LogP contribution in [0.3, 0.4) is 0 Å². The van der Waals surface area contributed by atoms with Gasteiger partial charge in [-0.15, -0.1) is 0 Å². The van der Waals surface area contributed by atoms with Crippen molar-refractivity contribution in [2.24, 2.45) is 0 Å². The van der Waals surface area contributed by atoms with E-state index in [1.54, 1.807) is 6.26 Å². The van der Waals surface area contributed by atoms with Gasteiger partial charge in [-0.3, -0.25) is 4.90 Å². The zero-order valence-corrected chi connectivity index (χ0v) is 12.2. The summed E-state index contributed by atoms with van der Waals surface area (Å²) < 4.78 is 10.6. The largest absolute Gasteiger partial charge is 0.447 e. The molecular formula is C14H21N3O2. The third-order valence-electron chi connectivity index (χ3n) is 2.83. The summed E-state index contributed by atoms with van der Waals surface area (Å²) in [7, 11) is 2.00. The second-order valence-electron chi connectivity index (χ2n) is 5.98. The first-order valence-corrected chi connectivity index (χ1v) is 6.40. The minimum Gasteiger partial charge on any atom is -0.447 e.